The molecule has 0 saturated carbocycles. The molecule has 2 aromatic rings. The van der Waals surface area contributed by atoms with Crippen molar-refractivity contribution in [2.45, 2.75) is 25.9 Å². The van der Waals surface area contributed by atoms with Gasteiger partial charge in [-0.15, -0.1) is 0 Å². The number of nitrogens with zero attached hydrogens (tertiary/aromatic N) is 1. The lowest BCUT2D eigenvalue weighted by Crippen LogP contribution is -2.52. The first kappa shape index (κ1) is 24.2. The topological polar surface area (TPSA) is 70.7 Å². The maximum absolute atomic E-state index is 13.1. The van der Waals surface area contributed by atoms with E-state index in [1.165, 1.54) is 24.3 Å². The molecule has 0 bridgehead atoms. The van der Waals surface area contributed by atoms with Gasteiger partial charge in [-0.1, -0.05) is 43.6 Å². The first-order chi connectivity index (χ1) is 15.4. The van der Waals surface area contributed by atoms with Crippen LogP contribution in [-0.2, 0) is 9.53 Å². The summed E-state index contributed by atoms with van der Waals surface area (Å²) >= 11 is 6.46. The smallest absolute Gasteiger partial charge is 0.251 e. The summed E-state index contributed by atoms with van der Waals surface area (Å²) in [5.74, 6) is -1.26. The summed E-state index contributed by atoms with van der Waals surface area (Å²) in [6.07, 6.45) is 0. The van der Waals surface area contributed by atoms with Crippen molar-refractivity contribution in [3.05, 3.63) is 70.5 Å². The molecule has 1 aliphatic rings. The Kier molecular flexibility index (Phi) is 8.61. The molecule has 2 aromatic carbocycles. The fraction of sp³-hybridized carbons (Fsp3) is 0.417. The molecule has 1 heterocycles. The quantitative estimate of drug-likeness (QED) is 0.632. The van der Waals surface area contributed by atoms with E-state index in [1.54, 1.807) is 0 Å². The number of benzene rings is 2. The average Bonchev–Trinajstić information content (AvgIpc) is 2.79. The third-order valence-electron chi connectivity index (χ3n) is 5.56. The number of halogens is 2. The number of carbonyl (C=O) groups excluding carboxylic acids is 2. The highest BCUT2D eigenvalue weighted by Crippen LogP contribution is 2.27. The van der Waals surface area contributed by atoms with Gasteiger partial charge in [0.1, 0.15) is 11.9 Å². The summed E-state index contributed by atoms with van der Waals surface area (Å²) in [5, 5.41) is 6.41. The fourth-order valence-electron chi connectivity index (χ4n) is 3.74. The Morgan fingerprint density at radius 1 is 1.09 bits per heavy atom. The zero-order valence-electron chi connectivity index (χ0n) is 18.3. The Bertz CT molecular complexity index is 917. The lowest BCUT2D eigenvalue weighted by atomic mass is 10.0. The Morgan fingerprint density at radius 2 is 1.75 bits per heavy atom. The van der Waals surface area contributed by atoms with Gasteiger partial charge in [0.25, 0.3) is 5.91 Å². The van der Waals surface area contributed by atoms with Crippen LogP contribution in [0.5, 0.6) is 0 Å². The molecular weight excluding hydrogens is 433 g/mol. The van der Waals surface area contributed by atoms with Gasteiger partial charge in [0, 0.05) is 30.2 Å². The minimum atomic E-state index is -0.732. The number of rotatable bonds is 8. The van der Waals surface area contributed by atoms with Gasteiger partial charge in [0.15, 0.2) is 0 Å². The molecule has 2 unspecified atom stereocenters. The molecule has 32 heavy (non-hydrogen) atoms. The number of morpholine rings is 1. The Morgan fingerprint density at radius 3 is 2.38 bits per heavy atom. The molecule has 1 aliphatic heterocycles. The van der Waals surface area contributed by atoms with Crippen molar-refractivity contribution in [1.29, 1.82) is 0 Å². The number of amides is 2. The van der Waals surface area contributed by atoms with E-state index in [-0.39, 0.29) is 17.9 Å². The molecule has 8 heteroatoms. The van der Waals surface area contributed by atoms with Crippen LogP contribution in [0.2, 0.25) is 5.02 Å². The number of hydrogen-bond acceptors (Lipinski definition) is 4. The van der Waals surface area contributed by atoms with E-state index in [9.17, 15) is 14.0 Å². The first-order valence-corrected chi connectivity index (χ1v) is 11.1. The van der Waals surface area contributed by atoms with E-state index >= 15 is 0 Å². The van der Waals surface area contributed by atoms with Gasteiger partial charge >= 0.3 is 0 Å². The normalized spacial score (nSPS) is 16.4. The molecule has 2 amide bonds. The first-order valence-electron chi connectivity index (χ1n) is 10.8. The number of hydrogen-bond donors (Lipinski definition) is 2. The number of nitrogens with one attached hydrogen (secondary N) is 2. The monoisotopic (exact) mass is 461 g/mol. The molecule has 6 nitrogen and oxygen atoms in total. The summed E-state index contributed by atoms with van der Waals surface area (Å²) in [6.45, 7) is 6.79. The molecule has 172 valence electrons. The summed E-state index contributed by atoms with van der Waals surface area (Å²) in [7, 11) is 0. The van der Waals surface area contributed by atoms with Crippen molar-refractivity contribution in [1.82, 2.24) is 15.5 Å². The molecule has 1 saturated heterocycles. The fourth-order valence-corrected chi connectivity index (χ4v) is 4.00. The van der Waals surface area contributed by atoms with E-state index in [4.69, 9.17) is 16.3 Å². The molecular formula is C24H29ClFN3O3. The zero-order chi connectivity index (χ0) is 23.1. The van der Waals surface area contributed by atoms with Crippen LogP contribution in [0.3, 0.4) is 0 Å². The van der Waals surface area contributed by atoms with Crippen molar-refractivity contribution in [2.24, 2.45) is 5.92 Å². The van der Waals surface area contributed by atoms with Gasteiger partial charge in [0.2, 0.25) is 5.91 Å². The van der Waals surface area contributed by atoms with Crippen LogP contribution in [0.25, 0.3) is 0 Å². The van der Waals surface area contributed by atoms with Gasteiger partial charge in [-0.2, -0.15) is 0 Å². The third kappa shape index (κ3) is 6.28. The molecule has 2 N–H and O–H groups in total. The van der Waals surface area contributed by atoms with E-state index in [2.05, 4.69) is 15.5 Å². The standard InChI is InChI=1S/C24H29ClFN3O3/c1-16(2)22(28-23(30)17-7-9-18(26)10-8-17)24(31)27-15-21(29-11-13-32-14-12-29)19-5-3-4-6-20(19)25/h3-10,16,21-22H,11-15H2,1-2H3,(H,27,31)(H,28,30). The van der Waals surface area contributed by atoms with Gasteiger partial charge in [-0.3, -0.25) is 14.5 Å². The maximum atomic E-state index is 13.1. The van der Waals surface area contributed by atoms with Crippen LogP contribution >= 0.6 is 11.6 Å². The van der Waals surface area contributed by atoms with Gasteiger partial charge < -0.3 is 15.4 Å². The highest BCUT2D eigenvalue weighted by molar-refractivity contribution is 6.31. The SMILES string of the molecule is CC(C)C(NC(=O)c1ccc(F)cc1)C(=O)NCC(c1ccccc1Cl)N1CCOCC1. The molecule has 0 spiro atoms. The molecule has 3 rings (SSSR count). The molecule has 0 aliphatic carbocycles. The minimum absolute atomic E-state index is 0.114. The number of ether oxygens (including phenoxy) is 1. The van der Waals surface area contributed by atoms with Crippen molar-refractivity contribution in [3.8, 4) is 0 Å². The van der Waals surface area contributed by atoms with Crippen molar-refractivity contribution in [2.75, 3.05) is 32.8 Å². The van der Waals surface area contributed by atoms with Crippen molar-refractivity contribution >= 4 is 23.4 Å². The third-order valence-corrected chi connectivity index (χ3v) is 5.91. The zero-order valence-corrected chi connectivity index (χ0v) is 19.1. The summed E-state index contributed by atoms with van der Waals surface area (Å²) in [4.78, 5) is 27.9. The highest BCUT2D eigenvalue weighted by Gasteiger charge is 2.28. The van der Waals surface area contributed by atoms with Crippen LogP contribution in [0, 0.1) is 11.7 Å². The van der Waals surface area contributed by atoms with E-state index in [0.717, 1.165) is 18.7 Å². The number of carbonyl (C=O) groups is 2. The van der Waals surface area contributed by atoms with E-state index in [0.29, 0.717) is 30.3 Å². The summed E-state index contributed by atoms with van der Waals surface area (Å²) in [5.41, 5.74) is 1.24. The van der Waals surface area contributed by atoms with Crippen LogP contribution in [-0.4, -0.2) is 55.6 Å². The minimum Gasteiger partial charge on any atom is -0.379 e. The molecule has 0 aromatic heterocycles. The highest BCUT2D eigenvalue weighted by atomic mass is 35.5. The predicted octanol–water partition coefficient (Wildman–Crippen LogP) is 3.42. The van der Waals surface area contributed by atoms with Crippen molar-refractivity contribution in [3.63, 3.8) is 0 Å². The average molecular weight is 462 g/mol. The van der Waals surface area contributed by atoms with Crippen LogP contribution in [0.4, 0.5) is 4.39 Å². The van der Waals surface area contributed by atoms with Crippen molar-refractivity contribution < 1.29 is 18.7 Å². The Hall–Kier alpha value is -2.48. The van der Waals surface area contributed by atoms with Gasteiger partial charge in [-0.25, -0.2) is 4.39 Å². The maximum Gasteiger partial charge on any atom is 0.251 e. The predicted molar refractivity (Wildman–Crippen MR) is 122 cm³/mol. The molecule has 2 atom stereocenters. The summed E-state index contributed by atoms with van der Waals surface area (Å²) in [6, 6.07) is 12.0. The second-order valence-electron chi connectivity index (χ2n) is 8.13. The summed E-state index contributed by atoms with van der Waals surface area (Å²) < 4.78 is 18.6. The van der Waals surface area contributed by atoms with E-state index in [1.807, 2.05) is 38.1 Å². The second-order valence-corrected chi connectivity index (χ2v) is 8.54. The lowest BCUT2D eigenvalue weighted by molar-refractivity contribution is -0.124. The van der Waals surface area contributed by atoms with Crippen LogP contribution < -0.4 is 10.6 Å². The molecule has 0 radical (unpaired) electrons. The Balaban J connectivity index is 1.70. The largest absolute Gasteiger partial charge is 0.379 e. The van der Waals surface area contributed by atoms with E-state index < -0.39 is 17.8 Å². The van der Waals surface area contributed by atoms with Crippen LogP contribution in [0.15, 0.2) is 48.5 Å². The van der Waals surface area contributed by atoms with Crippen LogP contribution in [0.1, 0.15) is 35.8 Å². The Labute approximate surface area is 193 Å². The lowest BCUT2D eigenvalue weighted by Gasteiger charge is -2.35. The van der Waals surface area contributed by atoms with Gasteiger partial charge in [0.05, 0.1) is 19.3 Å². The second kappa shape index (κ2) is 11.4. The molecule has 1 fully saturated rings. The van der Waals surface area contributed by atoms with Gasteiger partial charge in [-0.05, 0) is 41.8 Å².